The van der Waals surface area contributed by atoms with Gasteiger partial charge >= 0.3 is 0 Å². The van der Waals surface area contributed by atoms with Gasteiger partial charge in [0.25, 0.3) is 0 Å². The highest BCUT2D eigenvalue weighted by Gasteiger charge is 2.16. The lowest BCUT2D eigenvalue weighted by atomic mass is 9.98. The molecule has 104 valence electrons. The van der Waals surface area contributed by atoms with Crippen molar-refractivity contribution >= 4 is 5.78 Å². The van der Waals surface area contributed by atoms with Crippen LogP contribution in [0.5, 0.6) is 0 Å². The van der Waals surface area contributed by atoms with Crippen molar-refractivity contribution in [2.24, 2.45) is 0 Å². The van der Waals surface area contributed by atoms with Crippen LogP contribution in [0.2, 0.25) is 0 Å². The van der Waals surface area contributed by atoms with Crippen LogP contribution in [0.25, 0.3) is 0 Å². The monoisotopic (exact) mass is 269 g/mol. The summed E-state index contributed by atoms with van der Waals surface area (Å²) in [5.41, 5.74) is 5.81. The molecule has 2 aromatic rings. The molecule has 0 aromatic heterocycles. The van der Waals surface area contributed by atoms with Crippen LogP contribution in [0.15, 0.2) is 54.6 Å². The standard InChI is InChI=1S/C17H19NO2/c1-13-8-10-15(11-9-13)17(19)12-16(18-20-2)14-6-4-3-5-7-14/h3-11,16,18H,12H2,1-2H3. The minimum Gasteiger partial charge on any atom is -0.305 e. The minimum absolute atomic E-state index is 0.100. The molecular weight excluding hydrogens is 250 g/mol. The van der Waals surface area contributed by atoms with E-state index in [4.69, 9.17) is 4.84 Å². The lowest BCUT2D eigenvalue weighted by Crippen LogP contribution is -2.23. The van der Waals surface area contributed by atoms with E-state index in [0.717, 1.165) is 16.7 Å². The van der Waals surface area contributed by atoms with Gasteiger partial charge in [0.2, 0.25) is 0 Å². The highest BCUT2D eigenvalue weighted by atomic mass is 16.6. The van der Waals surface area contributed by atoms with Crippen molar-refractivity contribution in [3.63, 3.8) is 0 Å². The van der Waals surface area contributed by atoms with Gasteiger partial charge in [-0.25, -0.2) is 0 Å². The average molecular weight is 269 g/mol. The van der Waals surface area contributed by atoms with Gasteiger partial charge in [0.05, 0.1) is 13.2 Å². The molecule has 0 aliphatic rings. The summed E-state index contributed by atoms with van der Waals surface area (Å²) < 4.78 is 0. The van der Waals surface area contributed by atoms with Crippen LogP contribution in [0.3, 0.4) is 0 Å². The molecule has 0 amide bonds. The Morgan fingerprint density at radius 2 is 1.75 bits per heavy atom. The summed E-state index contributed by atoms with van der Waals surface area (Å²) >= 11 is 0. The smallest absolute Gasteiger partial charge is 0.164 e. The van der Waals surface area contributed by atoms with Crippen LogP contribution in [-0.2, 0) is 4.84 Å². The first-order chi connectivity index (χ1) is 9.70. The first kappa shape index (κ1) is 14.4. The number of ketones is 1. The highest BCUT2D eigenvalue weighted by Crippen LogP contribution is 2.19. The van der Waals surface area contributed by atoms with Crippen molar-refractivity contribution in [1.29, 1.82) is 0 Å². The number of hydrogen-bond acceptors (Lipinski definition) is 3. The first-order valence-electron chi connectivity index (χ1n) is 6.64. The molecule has 20 heavy (non-hydrogen) atoms. The van der Waals surface area contributed by atoms with Crippen LogP contribution in [-0.4, -0.2) is 12.9 Å². The number of rotatable bonds is 6. The van der Waals surface area contributed by atoms with Gasteiger partial charge in [-0.05, 0) is 12.5 Å². The fraction of sp³-hybridized carbons (Fsp3) is 0.235. The highest BCUT2D eigenvalue weighted by molar-refractivity contribution is 5.96. The number of carbonyl (C=O) groups is 1. The van der Waals surface area contributed by atoms with Gasteiger partial charge in [-0.3, -0.25) is 4.79 Å². The second kappa shape index (κ2) is 6.98. The summed E-state index contributed by atoms with van der Waals surface area (Å²) in [6, 6.07) is 17.3. The van der Waals surface area contributed by atoms with E-state index in [1.807, 2.05) is 61.5 Å². The van der Waals surface area contributed by atoms with E-state index in [1.165, 1.54) is 0 Å². The fourth-order valence-electron chi connectivity index (χ4n) is 2.10. The van der Waals surface area contributed by atoms with Crippen LogP contribution >= 0.6 is 0 Å². The lowest BCUT2D eigenvalue weighted by Gasteiger charge is -2.17. The van der Waals surface area contributed by atoms with Crippen molar-refractivity contribution < 1.29 is 9.63 Å². The maximum atomic E-state index is 12.3. The fourth-order valence-corrected chi connectivity index (χ4v) is 2.10. The van der Waals surface area contributed by atoms with Crippen molar-refractivity contribution in [1.82, 2.24) is 5.48 Å². The van der Waals surface area contributed by atoms with Gasteiger partial charge in [-0.1, -0.05) is 60.2 Å². The maximum absolute atomic E-state index is 12.3. The third kappa shape index (κ3) is 3.76. The van der Waals surface area contributed by atoms with Gasteiger partial charge in [0.1, 0.15) is 0 Å². The summed E-state index contributed by atoms with van der Waals surface area (Å²) in [7, 11) is 1.56. The van der Waals surface area contributed by atoms with Crippen LogP contribution in [0, 0.1) is 6.92 Å². The van der Waals surface area contributed by atoms with E-state index < -0.39 is 0 Å². The molecule has 1 atom stereocenters. The zero-order valence-electron chi connectivity index (χ0n) is 11.8. The summed E-state index contributed by atoms with van der Waals surface area (Å²) in [5, 5.41) is 0. The molecule has 0 spiro atoms. The molecular formula is C17H19NO2. The number of hydrogen-bond donors (Lipinski definition) is 1. The zero-order chi connectivity index (χ0) is 14.4. The van der Waals surface area contributed by atoms with Gasteiger partial charge < -0.3 is 4.84 Å². The molecule has 3 nitrogen and oxygen atoms in total. The minimum atomic E-state index is -0.144. The summed E-state index contributed by atoms with van der Waals surface area (Å²) in [5.74, 6) is 0.100. The first-order valence-corrected chi connectivity index (χ1v) is 6.64. The molecule has 2 rings (SSSR count). The van der Waals surface area contributed by atoms with Crippen LogP contribution < -0.4 is 5.48 Å². The summed E-state index contributed by atoms with van der Waals surface area (Å²) in [6.45, 7) is 2.01. The molecule has 2 aromatic carbocycles. The zero-order valence-corrected chi connectivity index (χ0v) is 11.8. The van der Waals surface area contributed by atoms with E-state index >= 15 is 0 Å². The second-order valence-corrected chi connectivity index (χ2v) is 4.78. The normalized spacial score (nSPS) is 12.1. The number of carbonyl (C=O) groups excluding carboxylic acids is 1. The SMILES string of the molecule is CONC(CC(=O)c1ccc(C)cc1)c1ccccc1. The topological polar surface area (TPSA) is 38.3 Å². The molecule has 0 saturated heterocycles. The molecule has 1 unspecified atom stereocenters. The molecule has 3 heteroatoms. The molecule has 0 aliphatic heterocycles. The van der Waals surface area contributed by atoms with E-state index in [0.29, 0.717) is 6.42 Å². The number of benzene rings is 2. The second-order valence-electron chi connectivity index (χ2n) is 4.78. The molecule has 1 N–H and O–H groups in total. The number of hydroxylamine groups is 1. The largest absolute Gasteiger partial charge is 0.305 e. The molecule has 0 fully saturated rings. The Labute approximate surface area is 119 Å². The third-order valence-corrected chi connectivity index (χ3v) is 3.23. The van der Waals surface area contributed by atoms with E-state index in [1.54, 1.807) is 7.11 Å². The Hall–Kier alpha value is -1.97. The molecule has 0 heterocycles. The van der Waals surface area contributed by atoms with E-state index in [-0.39, 0.29) is 11.8 Å². The van der Waals surface area contributed by atoms with E-state index in [9.17, 15) is 4.79 Å². The van der Waals surface area contributed by atoms with Crippen LogP contribution in [0.1, 0.15) is 33.9 Å². The molecule has 0 aliphatic carbocycles. The predicted octanol–water partition coefficient (Wildman–Crippen LogP) is 3.46. The van der Waals surface area contributed by atoms with Gasteiger partial charge in [-0.15, -0.1) is 0 Å². The summed E-state index contributed by atoms with van der Waals surface area (Å²) in [6.07, 6.45) is 0.362. The maximum Gasteiger partial charge on any atom is 0.164 e. The van der Waals surface area contributed by atoms with Crippen molar-refractivity contribution in [2.75, 3.05) is 7.11 Å². The van der Waals surface area contributed by atoms with Gasteiger partial charge in [0, 0.05) is 12.0 Å². The Bertz CT molecular complexity index is 549. The van der Waals surface area contributed by atoms with Gasteiger partial charge in [0.15, 0.2) is 5.78 Å². The number of Topliss-reactive ketones (excluding diaryl/α,β-unsaturated/α-hetero) is 1. The summed E-state index contributed by atoms with van der Waals surface area (Å²) in [4.78, 5) is 17.3. The van der Waals surface area contributed by atoms with Crippen molar-refractivity contribution in [3.05, 3.63) is 71.3 Å². The molecule has 0 bridgehead atoms. The number of aryl methyl sites for hydroxylation is 1. The lowest BCUT2D eigenvalue weighted by molar-refractivity contribution is 0.0545. The molecule has 0 radical (unpaired) electrons. The Kier molecular flexibility index (Phi) is 5.04. The van der Waals surface area contributed by atoms with Crippen LogP contribution in [0.4, 0.5) is 0 Å². The third-order valence-electron chi connectivity index (χ3n) is 3.23. The van der Waals surface area contributed by atoms with Crippen molar-refractivity contribution in [2.45, 2.75) is 19.4 Å². The average Bonchev–Trinajstić information content (AvgIpc) is 2.48. The van der Waals surface area contributed by atoms with Gasteiger partial charge in [-0.2, -0.15) is 5.48 Å². The predicted molar refractivity (Wildman–Crippen MR) is 79.5 cm³/mol. The molecule has 0 saturated carbocycles. The quantitative estimate of drug-likeness (QED) is 0.644. The Balaban J connectivity index is 2.12. The Morgan fingerprint density at radius 1 is 1.10 bits per heavy atom. The Morgan fingerprint density at radius 3 is 2.35 bits per heavy atom. The van der Waals surface area contributed by atoms with E-state index in [2.05, 4.69) is 5.48 Å². The van der Waals surface area contributed by atoms with Crippen molar-refractivity contribution in [3.8, 4) is 0 Å². The number of nitrogens with one attached hydrogen (secondary N) is 1.